The summed E-state index contributed by atoms with van der Waals surface area (Å²) < 4.78 is 12.1. The van der Waals surface area contributed by atoms with Crippen LogP contribution in [0.3, 0.4) is 0 Å². The highest BCUT2D eigenvalue weighted by Crippen LogP contribution is 2.35. The van der Waals surface area contributed by atoms with Crippen molar-refractivity contribution in [3.05, 3.63) is 47.0 Å². The summed E-state index contributed by atoms with van der Waals surface area (Å²) in [4.78, 5) is 21.7. The summed E-state index contributed by atoms with van der Waals surface area (Å²) in [6, 6.07) is 10.9. The van der Waals surface area contributed by atoms with Crippen LogP contribution in [-0.2, 0) is 0 Å². The van der Waals surface area contributed by atoms with Crippen LogP contribution >= 0.6 is 35.3 Å². The number of carbonyl (C=O) groups is 1. The molecule has 9 heteroatoms. The van der Waals surface area contributed by atoms with Crippen LogP contribution < -0.4 is 14.4 Å². The van der Waals surface area contributed by atoms with E-state index in [2.05, 4.69) is 4.98 Å². The lowest BCUT2D eigenvalue weighted by Crippen LogP contribution is -2.36. The van der Waals surface area contributed by atoms with Crippen molar-refractivity contribution in [1.29, 1.82) is 0 Å². The molecule has 0 saturated heterocycles. The smallest absolute Gasteiger partial charge is 0.260 e. The van der Waals surface area contributed by atoms with Crippen LogP contribution in [0.25, 0.3) is 10.2 Å². The number of fused-ring (bicyclic) bond motifs is 2. The van der Waals surface area contributed by atoms with Gasteiger partial charge in [0.2, 0.25) is 0 Å². The lowest BCUT2D eigenvalue weighted by molar-refractivity contribution is 0.0984. The van der Waals surface area contributed by atoms with Crippen LogP contribution in [0, 0.1) is 0 Å². The van der Waals surface area contributed by atoms with Crippen molar-refractivity contribution in [3.63, 3.8) is 0 Å². The maximum atomic E-state index is 13.4. The second-order valence-corrected chi connectivity index (χ2v) is 8.12. The van der Waals surface area contributed by atoms with Crippen LogP contribution in [0.1, 0.15) is 10.4 Å². The summed E-state index contributed by atoms with van der Waals surface area (Å²) in [5, 5.41) is 1.21. The summed E-state index contributed by atoms with van der Waals surface area (Å²) in [6.45, 7) is 2.21. The average molecular weight is 454 g/mol. The minimum absolute atomic E-state index is 0. The van der Waals surface area contributed by atoms with Gasteiger partial charge in [-0.2, -0.15) is 0 Å². The molecule has 3 aromatic rings. The maximum absolute atomic E-state index is 13.4. The lowest BCUT2D eigenvalue weighted by Gasteiger charge is -2.23. The van der Waals surface area contributed by atoms with Gasteiger partial charge in [0.25, 0.3) is 5.91 Å². The van der Waals surface area contributed by atoms with Gasteiger partial charge >= 0.3 is 0 Å². The van der Waals surface area contributed by atoms with Crippen molar-refractivity contribution >= 4 is 56.6 Å². The predicted molar refractivity (Wildman–Crippen MR) is 120 cm³/mol. The molecule has 0 atom stereocenters. The first-order valence-electron chi connectivity index (χ1n) is 8.94. The summed E-state index contributed by atoms with van der Waals surface area (Å²) in [6.07, 6.45) is 0. The quantitative estimate of drug-likeness (QED) is 0.574. The first-order chi connectivity index (χ1) is 13.5. The summed E-state index contributed by atoms with van der Waals surface area (Å²) >= 11 is 7.74. The zero-order valence-corrected chi connectivity index (χ0v) is 18.4. The molecule has 1 aliphatic heterocycles. The lowest BCUT2D eigenvalue weighted by atomic mass is 10.1. The molecule has 0 aliphatic carbocycles. The molecular formula is C20H21Cl2N3O3S. The Bertz CT molecular complexity index is 1030. The van der Waals surface area contributed by atoms with Crippen molar-refractivity contribution in [2.75, 3.05) is 45.3 Å². The number of likely N-dealkylation sites (N-methyl/N-ethyl adjacent to an activating group) is 1. The van der Waals surface area contributed by atoms with Crippen molar-refractivity contribution in [2.24, 2.45) is 0 Å². The normalized spacial score (nSPS) is 12.7. The first-order valence-corrected chi connectivity index (χ1v) is 10.1. The van der Waals surface area contributed by atoms with Gasteiger partial charge in [0.05, 0.1) is 9.72 Å². The highest BCUT2D eigenvalue weighted by Gasteiger charge is 2.24. The molecular weight excluding hydrogens is 433 g/mol. The molecule has 0 fully saturated rings. The van der Waals surface area contributed by atoms with E-state index in [9.17, 15) is 4.79 Å². The third kappa shape index (κ3) is 4.59. The van der Waals surface area contributed by atoms with E-state index < -0.39 is 0 Å². The molecule has 4 rings (SSSR count). The van der Waals surface area contributed by atoms with Gasteiger partial charge in [0, 0.05) is 18.7 Å². The topological polar surface area (TPSA) is 54.9 Å². The zero-order chi connectivity index (χ0) is 19.7. The molecule has 0 unspecified atom stereocenters. The van der Waals surface area contributed by atoms with Crippen LogP contribution in [0.5, 0.6) is 11.5 Å². The number of hydrogen-bond acceptors (Lipinski definition) is 6. The van der Waals surface area contributed by atoms with Crippen LogP contribution in [0.4, 0.5) is 5.13 Å². The van der Waals surface area contributed by atoms with Crippen LogP contribution in [-0.4, -0.2) is 56.2 Å². The Balaban J connectivity index is 0.00000240. The molecule has 0 saturated carbocycles. The average Bonchev–Trinajstić information content (AvgIpc) is 3.12. The summed E-state index contributed by atoms with van der Waals surface area (Å²) in [7, 11) is 3.95. The number of anilines is 1. The Morgan fingerprint density at radius 2 is 1.90 bits per heavy atom. The molecule has 0 N–H and O–H groups in total. The number of rotatable bonds is 5. The fraction of sp³-hybridized carbons (Fsp3) is 0.300. The Morgan fingerprint density at radius 3 is 2.62 bits per heavy atom. The van der Waals surface area contributed by atoms with Gasteiger partial charge in [-0.25, -0.2) is 4.98 Å². The Labute approximate surface area is 184 Å². The van der Waals surface area contributed by atoms with E-state index in [-0.39, 0.29) is 18.3 Å². The van der Waals surface area contributed by atoms with E-state index in [0.717, 1.165) is 4.70 Å². The van der Waals surface area contributed by atoms with E-state index in [1.165, 1.54) is 11.3 Å². The highest BCUT2D eigenvalue weighted by molar-refractivity contribution is 7.22. The van der Waals surface area contributed by atoms with E-state index >= 15 is 0 Å². The number of hydrogen-bond donors (Lipinski definition) is 0. The maximum Gasteiger partial charge on any atom is 0.260 e. The largest absolute Gasteiger partial charge is 0.486 e. The first kappa shape index (κ1) is 21.6. The number of nitrogens with zero attached hydrogens (tertiary/aromatic N) is 3. The summed E-state index contributed by atoms with van der Waals surface area (Å²) in [5.41, 5.74) is 1.25. The minimum Gasteiger partial charge on any atom is -0.486 e. The number of halogens is 2. The number of carbonyl (C=O) groups excluding carboxylic acids is 1. The molecule has 0 radical (unpaired) electrons. The molecule has 0 spiro atoms. The molecule has 154 valence electrons. The number of amides is 1. The van der Waals surface area contributed by atoms with Crippen molar-refractivity contribution < 1.29 is 14.3 Å². The molecule has 6 nitrogen and oxygen atoms in total. The van der Waals surface area contributed by atoms with Crippen molar-refractivity contribution in [3.8, 4) is 11.5 Å². The van der Waals surface area contributed by atoms with Gasteiger partial charge in [-0.1, -0.05) is 29.0 Å². The van der Waals surface area contributed by atoms with Gasteiger partial charge in [0.15, 0.2) is 16.6 Å². The second-order valence-electron chi connectivity index (χ2n) is 6.70. The van der Waals surface area contributed by atoms with Gasteiger partial charge in [0.1, 0.15) is 18.7 Å². The molecule has 2 heterocycles. The monoisotopic (exact) mass is 453 g/mol. The predicted octanol–water partition coefficient (Wildman–Crippen LogP) is 4.35. The molecule has 1 aromatic heterocycles. The van der Waals surface area contributed by atoms with E-state index in [1.807, 2.05) is 31.1 Å². The Morgan fingerprint density at radius 1 is 1.14 bits per heavy atom. The third-order valence-corrected chi connectivity index (χ3v) is 5.74. The number of aromatic nitrogens is 1. The molecule has 29 heavy (non-hydrogen) atoms. The molecule has 2 aromatic carbocycles. The molecule has 1 amide bonds. The molecule has 1 aliphatic rings. The van der Waals surface area contributed by atoms with Crippen LogP contribution in [0.2, 0.25) is 5.02 Å². The van der Waals surface area contributed by atoms with E-state index in [1.54, 1.807) is 29.2 Å². The highest BCUT2D eigenvalue weighted by atomic mass is 35.5. The number of ether oxygens (including phenoxy) is 2. The molecule has 0 bridgehead atoms. The SMILES string of the molecule is CN(C)CCN(C(=O)c1ccc2c(c1)OCCO2)c1nc2c(Cl)cccc2s1.Cl. The second kappa shape index (κ2) is 9.17. The van der Waals surface area contributed by atoms with Gasteiger partial charge in [-0.05, 0) is 44.4 Å². The number of benzene rings is 2. The number of thiazole rings is 1. The fourth-order valence-electron chi connectivity index (χ4n) is 2.93. The van der Waals surface area contributed by atoms with Crippen molar-refractivity contribution in [2.45, 2.75) is 0 Å². The van der Waals surface area contributed by atoms with Gasteiger partial charge < -0.3 is 14.4 Å². The van der Waals surface area contributed by atoms with E-state index in [0.29, 0.717) is 59.0 Å². The zero-order valence-electron chi connectivity index (χ0n) is 16.1. The van der Waals surface area contributed by atoms with Crippen molar-refractivity contribution in [1.82, 2.24) is 9.88 Å². The van der Waals surface area contributed by atoms with Crippen LogP contribution in [0.15, 0.2) is 36.4 Å². The fourth-order valence-corrected chi connectivity index (χ4v) is 4.22. The van der Waals surface area contributed by atoms with Gasteiger partial charge in [-0.3, -0.25) is 9.69 Å². The standard InChI is InChI=1S/C20H20ClN3O3S.ClH/c1-23(2)8-9-24(20-22-18-14(21)4-3-5-17(18)28-20)19(25)13-6-7-15-16(12-13)27-11-10-26-15;/h3-7,12H,8-11H2,1-2H3;1H. The van der Waals surface area contributed by atoms with Gasteiger partial charge in [-0.15, -0.1) is 12.4 Å². The van der Waals surface area contributed by atoms with E-state index in [4.69, 9.17) is 21.1 Å². The third-order valence-electron chi connectivity index (χ3n) is 4.39. The Hall–Kier alpha value is -2.06. The summed E-state index contributed by atoms with van der Waals surface area (Å²) in [5.74, 6) is 1.13. The minimum atomic E-state index is -0.131. The number of para-hydroxylation sites is 1. The Kier molecular flexibility index (Phi) is 6.85.